The van der Waals surface area contributed by atoms with Gasteiger partial charge in [-0.2, -0.15) is 0 Å². The molecule has 1 aromatic heterocycles. The Morgan fingerprint density at radius 1 is 1.29 bits per heavy atom. The van der Waals surface area contributed by atoms with Crippen LogP contribution in [0.5, 0.6) is 11.5 Å². The maximum atomic E-state index is 13.1. The molecule has 0 radical (unpaired) electrons. The second-order valence-electron chi connectivity index (χ2n) is 8.30. The number of alkyl carbamates (subject to hydrolysis) is 1. The van der Waals surface area contributed by atoms with E-state index in [0.29, 0.717) is 22.6 Å². The standard InChI is InChI=1S/C21H20BrClN4O4/c1-20(2,3)31-19(29)25-18-26-21(9-17(28)27(18)4)12-7-11(22)5-6-14(12)30-15-10-24-16(23)8-13(15)21/h5-8,10H,9H2,1-4H3,(H,25,26,29)/t21-/m1/s1. The fourth-order valence-electron chi connectivity index (χ4n) is 3.57. The highest BCUT2D eigenvalue weighted by Crippen LogP contribution is 2.52. The van der Waals surface area contributed by atoms with Gasteiger partial charge in [0.05, 0.1) is 12.6 Å². The number of aromatic nitrogens is 1. The number of benzene rings is 1. The monoisotopic (exact) mass is 506 g/mol. The first kappa shape index (κ1) is 21.6. The van der Waals surface area contributed by atoms with Crippen molar-refractivity contribution in [3.63, 3.8) is 0 Å². The van der Waals surface area contributed by atoms with Crippen LogP contribution in [0.4, 0.5) is 4.79 Å². The predicted octanol–water partition coefficient (Wildman–Crippen LogP) is 4.59. The Morgan fingerprint density at radius 3 is 2.71 bits per heavy atom. The van der Waals surface area contributed by atoms with Crippen LogP contribution in [0.15, 0.2) is 39.9 Å². The number of hydrogen-bond acceptors (Lipinski definition) is 6. The Morgan fingerprint density at radius 2 is 2.00 bits per heavy atom. The van der Waals surface area contributed by atoms with E-state index in [1.165, 1.54) is 11.1 Å². The van der Waals surface area contributed by atoms with Crippen LogP contribution in [0, 0.1) is 0 Å². The van der Waals surface area contributed by atoms with Gasteiger partial charge >= 0.3 is 6.09 Å². The molecule has 10 heteroatoms. The molecule has 1 atom stereocenters. The van der Waals surface area contributed by atoms with Crippen LogP contribution in [0.3, 0.4) is 0 Å². The molecular weight excluding hydrogens is 488 g/mol. The number of halogens is 2. The van der Waals surface area contributed by atoms with Gasteiger partial charge in [0, 0.05) is 22.6 Å². The summed E-state index contributed by atoms with van der Waals surface area (Å²) in [5.74, 6) is 0.805. The molecule has 0 bridgehead atoms. The average molecular weight is 508 g/mol. The molecule has 0 aliphatic carbocycles. The maximum Gasteiger partial charge on any atom is 0.414 e. The smallest absolute Gasteiger partial charge is 0.414 e. The Balaban J connectivity index is 1.91. The number of aliphatic imine (C=N–C) groups is 1. The van der Waals surface area contributed by atoms with Gasteiger partial charge in [-0.25, -0.2) is 14.8 Å². The number of rotatable bonds is 0. The van der Waals surface area contributed by atoms with E-state index < -0.39 is 17.2 Å². The van der Waals surface area contributed by atoms with E-state index in [-0.39, 0.29) is 23.4 Å². The molecule has 4 rings (SSSR count). The normalized spacial score (nSPS) is 19.9. The molecular formula is C21H20BrClN4O4. The average Bonchev–Trinajstić information content (AvgIpc) is 2.66. The number of hydrogen-bond donors (Lipinski definition) is 1. The first-order valence-corrected chi connectivity index (χ1v) is 10.7. The second-order valence-corrected chi connectivity index (χ2v) is 9.60. The van der Waals surface area contributed by atoms with E-state index in [0.717, 1.165) is 4.47 Å². The number of guanidine groups is 1. The van der Waals surface area contributed by atoms with Gasteiger partial charge in [0.1, 0.15) is 22.0 Å². The minimum Gasteiger partial charge on any atom is -0.455 e. The molecule has 2 aliphatic rings. The van der Waals surface area contributed by atoms with E-state index in [2.05, 4.69) is 26.2 Å². The predicted molar refractivity (Wildman–Crippen MR) is 118 cm³/mol. The summed E-state index contributed by atoms with van der Waals surface area (Å²) in [6.45, 7) is 5.26. The van der Waals surface area contributed by atoms with Crippen molar-refractivity contribution >= 4 is 45.5 Å². The van der Waals surface area contributed by atoms with Crippen molar-refractivity contribution in [2.45, 2.75) is 38.3 Å². The molecule has 2 aromatic rings. The number of carbonyl (C=O) groups excluding carboxylic acids is 2. The van der Waals surface area contributed by atoms with Crippen molar-refractivity contribution in [3.05, 3.63) is 51.2 Å². The number of carbonyl (C=O) groups is 2. The van der Waals surface area contributed by atoms with Crippen LogP contribution in [-0.2, 0) is 15.1 Å². The lowest BCUT2D eigenvalue weighted by molar-refractivity contribution is -0.128. The molecule has 1 spiro atoms. The zero-order valence-electron chi connectivity index (χ0n) is 17.3. The van der Waals surface area contributed by atoms with Gasteiger partial charge in [-0.1, -0.05) is 27.5 Å². The first-order chi connectivity index (χ1) is 14.5. The molecule has 162 valence electrons. The maximum absolute atomic E-state index is 13.1. The fraction of sp³-hybridized carbons (Fsp3) is 0.333. The van der Waals surface area contributed by atoms with Gasteiger partial charge in [-0.05, 0) is 45.0 Å². The minimum atomic E-state index is -1.16. The van der Waals surface area contributed by atoms with E-state index in [4.69, 9.17) is 26.1 Å². The Hall–Kier alpha value is -2.65. The lowest BCUT2D eigenvalue weighted by Gasteiger charge is -2.41. The zero-order chi connectivity index (χ0) is 22.6. The van der Waals surface area contributed by atoms with Crippen LogP contribution in [0.2, 0.25) is 5.15 Å². The van der Waals surface area contributed by atoms with E-state index in [9.17, 15) is 9.59 Å². The van der Waals surface area contributed by atoms with Crippen LogP contribution in [0.1, 0.15) is 38.3 Å². The van der Waals surface area contributed by atoms with Gasteiger partial charge in [-0.15, -0.1) is 0 Å². The van der Waals surface area contributed by atoms with Crippen molar-refractivity contribution in [3.8, 4) is 11.5 Å². The van der Waals surface area contributed by atoms with Crippen molar-refractivity contribution in [2.75, 3.05) is 7.05 Å². The van der Waals surface area contributed by atoms with Gasteiger partial charge in [-0.3, -0.25) is 15.0 Å². The second kappa shape index (κ2) is 7.49. The minimum absolute atomic E-state index is 0.0170. The summed E-state index contributed by atoms with van der Waals surface area (Å²) in [6, 6.07) is 7.10. The summed E-state index contributed by atoms with van der Waals surface area (Å²) in [5.41, 5.74) is -0.612. The molecule has 0 fully saturated rings. The van der Waals surface area contributed by atoms with Crippen LogP contribution >= 0.6 is 27.5 Å². The molecule has 3 heterocycles. The lowest BCUT2D eigenvalue weighted by Crippen LogP contribution is -2.53. The summed E-state index contributed by atoms with van der Waals surface area (Å²) in [6.07, 6.45) is 0.810. The quantitative estimate of drug-likeness (QED) is 0.527. The van der Waals surface area contributed by atoms with Crippen molar-refractivity contribution in [1.82, 2.24) is 15.2 Å². The van der Waals surface area contributed by atoms with Crippen molar-refractivity contribution in [2.24, 2.45) is 4.99 Å². The number of nitrogens with one attached hydrogen (secondary N) is 1. The number of fused-ring (bicyclic) bond motifs is 4. The largest absolute Gasteiger partial charge is 0.455 e. The number of amides is 2. The molecule has 2 aliphatic heterocycles. The number of nitrogens with zero attached hydrogens (tertiary/aromatic N) is 3. The molecule has 1 N–H and O–H groups in total. The summed E-state index contributed by atoms with van der Waals surface area (Å²) in [5, 5.41) is 2.85. The lowest BCUT2D eigenvalue weighted by atomic mass is 9.77. The van der Waals surface area contributed by atoms with E-state index >= 15 is 0 Å². The highest BCUT2D eigenvalue weighted by Gasteiger charge is 2.48. The molecule has 0 saturated carbocycles. The van der Waals surface area contributed by atoms with Gasteiger partial charge in [0.15, 0.2) is 5.75 Å². The third kappa shape index (κ3) is 3.99. The van der Waals surface area contributed by atoms with Crippen LogP contribution in [-0.4, -0.2) is 40.5 Å². The topological polar surface area (TPSA) is 93.1 Å². The molecule has 8 nitrogen and oxygen atoms in total. The van der Waals surface area contributed by atoms with E-state index in [1.54, 1.807) is 40.0 Å². The number of ether oxygens (including phenoxy) is 2. The summed E-state index contributed by atoms with van der Waals surface area (Å²) < 4.78 is 12.1. The molecule has 31 heavy (non-hydrogen) atoms. The third-order valence-electron chi connectivity index (χ3n) is 4.90. The van der Waals surface area contributed by atoms with Crippen LogP contribution in [0.25, 0.3) is 0 Å². The Bertz CT molecular complexity index is 1080. The zero-order valence-corrected chi connectivity index (χ0v) is 19.7. The summed E-state index contributed by atoms with van der Waals surface area (Å²) in [7, 11) is 1.55. The fourth-order valence-corrected chi connectivity index (χ4v) is 4.09. The van der Waals surface area contributed by atoms with Gasteiger partial charge < -0.3 is 9.47 Å². The highest BCUT2D eigenvalue weighted by molar-refractivity contribution is 9.10. The van der Waals surface area contributed by atoms with Crippen molar-refractivity contribution in [1.29, 1.82) is 0 Å². The third-order valence-corrected chi connectivity index (χ3v) is 5.60. The molecule has 0 saturated heterocycles. The molecule has 2 amide bonds. The first-order valence-electron chi connectivity index (χ1n) is 9.49. The molecule has 0 unspecified atom stereocenters. The summed E-state index contributed by atoms with van der Waals surface area (Å²) >= 11 is 9.67. The Labute approximate surface area is 192 Å². The van der Waals surface area contributed by atoms with Crippen molar-refractivity contribution < 1.29 is 19.1 Å². The van der Waals surface area contributed by atoms with Gasteiger partial charge in [0.2, 0.25) is 11.9 Å². The highest BCUT2D eigenvalue weighted by atomic mass is 79.9. The Kier molecular flexibility index (Phi) is 5.21. The molecule has 1 aromatic carbocycles. The summed E-state index contributed by atoms with van der Waals surface area (Å²) in [4.78, 5) is 35.8. The SMILES string of the molecule is CN1C(=O)C[C@@]2(N=C1NC(=O)OC(C)(C)C)c1cc(Br)ccc1Oc1cnc(Cl)cc12. The van der Waals surface area contributed by atoms with E-state index in [1.807, 2.05) is 12.1 Å². The number of pyridine rings is 1. The van der Waals surface area contributed by atoms with Crippen LogP contribution < -0.4 is 10.1 Å². The van der Waals surface area contributed by atoms with Gasteiger partial charge in [0.25, 0.3) is 0 Å².